The first-order chi connectivity index (χ1) is 14.4. The summed E-state index contributed by atoms with van der Waals surface area (Å²) >= 11 is 0. The predicted octanol–water partition coefficient (Wildman–Crippen LogP) is 2.10. The summed E-state index contributed by atoms with van der Waals surface area (Å²) in [7, 11) is 0. The highest BCUT2D eigenvalue weighted by Gasteiger charge is 2.30. The fourth-order valence-electron chi connectivity index (χ4n) is 3.43. The van der Waals surface area contributed by atoms with E-state index in [1.165, 1.54) is 0 Å². The molecular weight excluding hydrogens is 380 g/mol. The van der Waals surface area contributed by atoms with Crippen molar-refractivity contribution < 1.29 is 24.9 Å². The second-order valence-electron chi connectivity index (χ2n) is 7.46. The lowest BCUT2D eigenvalue weighted by molar-refractivity contribution is -0.422. The van der Waals surface area contributed by atoms with Gasteiger partial charge in [-0.3, -0.25) is 14.4 Å². The number of hydrogen-bond donors (Lipinski definition) is 2. The number of amides is 1. The summed E-state index contributed by atoms with van der Waals surface area (Å²) in [6, 6.07) is 16.0. The van der Waals surface area contributed by atoms with Crippen molar-refractivity contribution in [3.05, 3.63) is 82.4 Å². The lowest BCUT2D eigenvalue weighted by Crippen LogP contribution is -2.72. The zero-order valence-corrected chi connectivity index (χ0v) is 17.3. The molecule has 1 unspecified atom stereocenters. The number of fused-ring (bicyclic) bond motifs is 1. The van der Waals surface area contributed by atoms with Crippen LogP contribution in [-0.4, -0.2) is 36.2 Å². The number of ether oxygens (including phenoxy) is 1. The van der Waals surface area contributed by atoms with Gasteiger partial charge in [0.15, 0.2) is 17.6 Å². The Kier molecular flexibility index (Phi) is 6.92. The summed E-state index contributed by atoms with van der Waals surface area (Å²) in [5.74, 6) is -0.531. The Balaban J connectivity index is 1.53. The van der Waals surface area contributed by atoms with Crippen LogP contribution in [0, 0.1) is 0 Å². The number of hydrogen-bond acceptors (Lipinski definition) is 4. The van der Waals surface area contributed by atoms with Crippen LogP contribution in [0.15, 0.2) is 65.7 Å². The number of carbonyl (C=O) groups is 3. The summed E-state index contributed by atoms with van der Waals surface area (Å²) in [5.41, 5.74) is 6.70. The number of carbonyl (C=O) groups excluding carboxylic acids is 3. The van der Waals surface area contributed by atoms with E-state index in [-0.39, 0.29) is 30.1 Å². The summed E-state index contributed by atoms with van der Waals surface area (Å²) in [4.78, 5) is 37.7. The van der Waals surface area contributed by atoms with E-state index in [9.17, 15) is 14.4 Å². The van der Waals surface area contributed by atoms with Gasteiger partial charge in [0.1, 0.15) is 6.10 Å². The molecule has 0 heterocycles. The van der Waals surface area contributed by atoms with Gasteiger partial charge in [0.05, 0.1) is 6.61 Å². The Morgan fingerprint density at radius 2 is 1.60 bits per heavy atom. The first-order valence-electron chi connectivity index (χ1n) is 10.0. The average Bonchev–Trinajstić information content (AvgIpc) is 2.78. The van der Waals surface area contributed by atoms with Crippen LogP contribution in [0.4, 0.5) is 0 Å². The Labute approximate surface area is 176 Å². The molecule has 1 aliphatic carbocycles. The SMILES string of the molecule is CC1=C(CCNC(=O)[C@H]([NH3+])C(C)OCc2ccccc2)C(=O)c2ccccc2C1=O. The van der Waals surface area contributed by atoms with E-state index in [1.807, 2.05) is 37.3 Å². The molecule has 3 rings (SSSR count). The van der Waals surface area contributed by atoms with Gasteiger partial charge in [0, 0.05) is 28.8 Å². The van der Waals surface area contributed by atoms with E-state index in [0.29, 0.717) is 35.3 Å². The number of Topliss-reactive ketones (excluding diaryl/α,β-unsaturated/α-hetero) is 2. The molecule has 0 radical (unpaired) electrons. The quantitative estimate of drug-likeness (QED) is 0.700. The van der Waals surface area contributed by atoms with Crippen molar-refractivity contribution in [2.24, 2.45) is 0 Å². The van der Waals surface area contributed by atoms with Crippen molar-refractivity contribution in [2.45, 2.75) is 39.0 Å². The minimum absolute atomic E-state index is 0.135. The zero-order chi connectivity index (χ0) is 21.7. The summed E-state index contributed by atoms with van der Waals surface area (Å²) in [6.45, 7) is 4.14. The second kappa shape index (κ2) is 9.61. The standard InChI is InChI=1S/C24H26N2O4/c1-15-18(23(28)20-11-7-6-10-19(20)22(15)27)12-13-26-24(29)21(25)16(2)30-14-17-8-4-3-5-9-17/h3-11,16,21H,12-14,25H2,1-2H3,(H,26,29)/p+1/t16?,21-/m1/s1. The highest BCUT2D eigenvalue weighted by Crippen LogP contribution is 2.27. The molecule has 2 aromatic rings. The molecular formula is C24H27N2O4+. The summed E-state index contributed by atoms with van der Waals surface area (Å²) < 4.78 is 5.76. The summed E-state index contributed by atoms with van der Waals surface area (Å²) in [6.07, 6.45) is -0.0708. The van der Waals surface area contributed by atoms with Gasteiger partial charge in [-0.25, -0.2) is 0 Å². The Bertz CT molecular complexity index is 982. The molecule has 1 aliphatic rings. The van der Waals surface area contributed by atoms with Gasteiger partial charge < -0.3 is 15.8 Å². The van der Waals surface area contributed by atoms with E-state index < -0.39 is 6.04 Å². The van der Waals surface area contributed by atoms with Crippen LogP contribution < -0.4 is 11.1 Å². The lowest BCUT2D eigenvalue weighted by atomic mass is 9.83. The van der Waals surface area contributed by atoms with Crippen LogP contribution in [0.5, 0.6) is 0 Å². The molecule has 0 spiro atoms. The van der Waals surface area contributed by atoms with Gasteiger partial charge in [0.2, 0.25) is 0 Å². The van der Waals surface area contributed by atoms with Gasteiger partial charge in [-0.2, -0.15) is 0 Å². The van der Waals surface area contributed by atoms with Crippen LogP contribution in [-0.2, 0) is 16.1 Å². The Morgan fingerprint density at radius 1 is 1.00 bits per heavy atom. The third-order valence-electron chi connectivity index (χ3n) is 5.42. The third-order valence-corrected chi connectivity index (χ3v) is 5.42. The smallest absolute Gasteiger partial charge is 0.280 e. The fourth-order valence-corrected chi connectivity index (χ4v) is 3.43. The minimum atomic E-state index is -0.590. The van der Waals surface area contributed by atoms with Gasteiger partial charge in [-0.15, -0.1) is 0 Å². The molecule has 0 bridgehead atoms. The van der Waals surface area contributed by atoms with Gasteiger partial charge in [0.25, 0.3) is 5.91 Å². The van der Waals surface area contributed by atoms with E-state index in [1.54, 1.807) is 31.2 Å². The van der Waals surface area contributed by atoms with Crippen molar-refractivity contribution in [2.75, 3.05) is 6.54 Å². The topological polar surface area (TPSA) is 100 Å². The van der Waals surface area contributed by atoms with Crippen LogP contribution in [0.2, 0.25) is 0 Å². The maximum absolute atomic E-state index is 12.8. The van der Waals surface area contributed by atoms with Gasteiger partial charge >= 0.3 is 0 Å². The van der Waals surface area contributed by atoms with Crippen LogP contribution >= 0.6 is 0 Å². The molecule has 6 nitrogen and oxygen atoms in total. The number of nitrogens with one attached hydrogen (secondary N) is 1. The number of benzene rings is 2. The molecule has 2 atom stereocenters. The molecule has 0 aliphatic heterocycles. The van der Waals surface area contributed by atoms with Gasteiger partial charge in [-0.05, 0) is 25.8 Å². The predicted molar refractivity (Wildman–Crippen MR) is 113 cm³/mol. The highest BCUT2D eigenvalue weighted by atomic mass is 16.5. The number of rotatable bonds is 8. The Morgan fingerprint density at radius 3 is 2.27 bits per heavy atom. The molecule has 1 amide bonds. The molecule has 4 N–H and O–H groups in total. The largest absolute Gasteiger partial charge is 0.367 e. The fraction of sp³-hybridized carbons (Fsp3) is 0.292. The Hall–Kier alpha value is -3.09. The molecule has 0 fully saturated rings. The number of quaternary nitrogens is 1. The molecule has 2 aromatic carbocycles. The minimum Gasteiger partial charge on any atom is -0.367 e. The van der Waals surface area contributed by atoms with Crippen LogP contribution in [0.3, 0.4) is 0 Å². The number of allylic oxidation sites excluding steroid dienone is 1. The molecule has 30 heavy (non-hydrogen) atoms. The van der Waals surface area contributed by atoms with E-state index in [4.69, 9.17) is 4.74 Å². The second-order valence-corrected chi connectivity index (χ2v) is 7.46. The molecule has 0 saturated carbocycles. The van der Waals surface area contributed by atoms with E-state index in [2.05, 4.69) is 11.1 Å². The first-order valence-corrected chi connectivity index (χ1v) is 10.0. The van der Waals surface area contributed by atoms with E-state index >= 15 is 0 Å². The third kappa shape index (κ3) is 4.72. The van der Waals surface area contributed by atoms with Crippen LogP contribution in [0.25, 0.3) is 0 Å². The van der Waals surface area contributed by atoms with Gasteiger partial charge in [-0.1, -0.05) is 54.6 Å². The van der Waals surface area contributed by atoms with Crippen molar-refractivity contribution in [3.63, 3.8) is 0 Å². The zero-order valence-electron chi connectivity index (χ0n) is 17.3. The van der Waals surface area contributed by atoms with Crippen molar-refractivity contribution >= 4 is 17.5 Å². The first kappa shape index (κ1) is 21.6. The molecule has 6 heteroatoms. The van der Waals surface area contributed by atoms with Crippen LogP contribution in [0.1, 0.15) is 46.5 Å². The normalized spacial score (nSPS) is 15.6. The maximum atomic E-state index is 12.8. The highest BCUT2D eigenvalue weighted by molar-refractivity contribution is 6.26. The van der Waals surface area contributed by atoms with Crippen molar-refractivity contribution in [1.82, 2.24) is 5.32 Å². The summed E-state index contributed by atoms with van der Waals surface area (Å²) in [5, 5.41) is 2.81. The molecule has 156 valence electrons. The molecule has 0 aromatic heterocycles. The average molecular weight is 407 g/mol. The van der Waals surface area contributed by atoms with E-state index in [0.717, 1.165) is 5.56 Å². The van der Waals surface area contributed by atoms with Crippen molar-refractivity contribution in [1.29, 1.82) is 0 Å². The molecule has 0 saturated heterocycles. The maximum Gasteiger partial charge on any atom is 0.280 e. The lowest BCUT2D eigenvalue weighted by Gasteiger charge is -2.20. The number of ketones is 2. The monoisotopic (exact) mass is 407 g/mol. The van der Waals surface area contributed by atoms with Crippen molar-refractivity contribution in [3.8, 4) is 0 Å².